The summed E-state index contributed by atoms with van der Waals surface area (Å²) in [5, 5.41) is 3.64. The summed E-state index contributed by atoms with van der Waals surface area (Å²) in [4.78, 5) is 16.2. The van der Waals surface area contributed by atoms with Crippen LogP contribution in [0.5, 0.6) is 0 Å². The van der Waals surface area contributed by atoms with Crippen LogP contribution >= 0.6 is 24.8 Å². The monoisotopic (exact) mass is 367 g/mol. The lowest BCUT2D eigenvalue weighted by atomic mass is 10.1. The predicted molar refractivity (Wildman–Crippen MR) is 101 cm³/mol. The Bertz CT molecular complexity index is 697. The number of pyridine rings is 1. The summed E-state index contributed by atoms with van der Waals surface area (Å²) >= 11 is 0. The van der Waals surface area contributed by atoms with E-state index in [0.29, 0.717) is 12.1 Å². The largest absolute Gasteiger partial charge is 0.338 e. The zero-order valence-electron chi connectivity index (χ0n) is 13.9. The first-order valence-electron chi connectivity index (χ1n) is 7.98. The third kappa shape index (κ3) is 3.63. The lowest BCUT2D eigenvalue weighted by Crippen LogP contribution is -2.51. The molecule has 2 aliphatic rings. The van der Waals surface area contributed by atoms with Crippen molar-refractivity contribution in [1.29, 1.82) is 0 Å². The van der Waals surface area contributed by atoms with Crippen LogP contribution in [0.25, 0.3) is 11.3 Å². The number of rotatable bonds is 2. The first-order valence-corrected chi connectivity index (χ1v) is 7.98. The Hall–Kier alpha value is -1.43. The minimum absolute atomic E-state index is 0. The molecule has 0 amide bonds. The van der Waals surface area contributed by atoms with E-state index in [1.165, 1.54) is 12.8 Å². The van der Waals surface area contributed by atoms with Crippen LogP contribution in [0.3, 0.4) is 0 Å². The molecule has 4 rings (SSSR count). The van der Waals surface area contributed by atoms with Gasteiger partial charge in [0.25, 0.3) is 0 Å². The van der Waals surface area contributed by atoms with Gasteiger partial charge in [0.2, 0.25) is 5.95 Å². The van der Waals surface area contributed by atoms with Crippen molar-refractivity contribution in [2.75, 3.05) is 18.0 Å². The summed E-state index contributed by atoms with van der Waals surface area (Å²) in [6.45, 7) is 6.06. The van der Waals surface area contributed by atoms with E-state index in [-0.39, 0.29) is 24.8 Å². The number of piperazine rings is 1. The molecular weight excluding hydrogens is 345 g/mol. The Morgan fingerprint density at radius 1 is 1.00 bits per heavy atom. The number of hydrogen-bond acceptors (Lipinski definition) is 5. The first kappa shape index (κ1) is 18.9. The summed E-state index contributed by atoms with van der Waals surface area (Å²) in [6, 6.07) is 7.29. The maximum atomic E-state index is 4.80. The molecular formula is C17H23Cl2N5. The molecule has 7 heteroatoms. The summed E-state index contributed by atoms with van der Waals surface area (Å²) in [5.41, 5.74) is 4.10. The molecule has 0 saturated carbocycles. The Labute approximate surface area is 155 Å². The fraction of sp³-hybridized carbons (Fsp3) is 0.471. The summed E-state index contributed by atoms with van der Waals surface area (Å²) < 4.78 is 0. The molecule has 2 aromatic heterocycles. The Balaban J connectivity index is 0.00000104. The molecule has 2 atom stereocenters. The van der Waals surface area contributed by atoms with Gasteiger partial charge in [0, 0.05) is 48.3 Å². The van der Waals surface area contributed by atoms with Gasteiger partial charge < -0.3 is 10.2 Å². The number of aryl methyl sites for hydroxylation is 2. The van der Waals surface area contributed by atoms with Gasteiger partial charge in [-0.15, -0.1) is 24.8 Å². The third-order valence-electron chi connectivity index (χ3n) is 4.64. The van der Waals surface area contributed by atoms with Gasteiger partial charge >= 0.3 is 0 Å². The van der Waals surface area contributed by atoms with Gasteiger partial charge in [-0.1, -0.05) is 0 Å². The third-order valence-corrected chi connectivity index (χ3v) is 4.64. The molecule has 0 aromatic carbocycles. The second-order valence-corrected chi connectivity index (χ2v) is 6.37. The average molecular weight is 368 g/mol. The molecule has 2 fully saturated rings. The zero-order chi connectivity index (χ0) is 15.1. The van der Waals surface area contributed by atoms with Crippen molar-refractivity contribution in [3.63, 3.8) is 0 Å². The van der Waals surface area contributed by atoms with Gasteiger partial charge in [0.1, 0.15) is 0 Å². The molecule has 2 aliphatic heterocycles. The molecule has 0 spiro atoms. The Morgan fingerprint density at radius 2 is 1.71 bits per heavy atom. The van der Waals surface area contributed by atoms with Gasteiger partial charge in [-0.2, -0.15) is 0 Å². The van der Waals surface area contributed by atoms with Crippen molar-refractivity contribution < 1.29 is 0 Å². The molecule has 0 aliphatic carbocycles. The molecule has 130 valence electrons. The SMILES string of the molecule is Cc1ccc(-c2ccnc(N3C[C@H]4CC[C@@H](C3)N4)n2)c(C)n1.Cl.Cl. The highest BCUT2D eigenvalue weighted by atomic mass is 35.5. The van der Waals surface area contributed by atoms with Crippen molar-refractivity contribution in [2.45, 2.75) is 38.8 Å². The van der Waals surface area contributed by atoms with Crippen LogP contribution in [0, 0.1) is 13.8 Å². The molecule has 4 heterocycles. The van der Waals surface area contributed by atoms with E-state index in [2.05, 4.69) is 26.3 Å². The summed E-state index contributed by atoms with van der Waals surface area (Å²) in [7, 11) is 0. The molecule has 2 aromatic rings. The first-order chi connectivity index (χ1) is 10.7. The van der Waals surface area contributed by atoms with E-state index in [0.717, 1.165) is 41.7 Å². The van der Waals surface area contributed by atoms with Crippen LogP contribution in [0.4, 0.5) is 5.95 Å². The van der Waals surface area contributed by atoms with Crippen molar-refractivity contribution in [1.82, 2.24) is 20.3 Å². The van der Waals surface area contributed by atoms with Crippen molar-refractivity contribution in [3.8, 4) is 11.3 Å². The fourth-order valence-corrected chi connectivity index (χ4v) is 3.57. The standard InChI is InChI=1S/C17H21N5.2ClH/c1-11-3-6-15(12(2)19-11)16-7-8-18-17(21-16)22-9-13-4-5-14(10-22)20-13;;/h3,6-8,13-14,20H,4-5,9-10H2,1-2H3;2*1H/t13-,14+;;. The number of halogens is 2. The normalized spacial score (nSPS) is 21.8. The summed E-state index contributed by atoms with van der Waals surface area (Å²) in [5.74, 6) is 0.843. The lowest BCUT2D eigenvalue weighted by molar-refractivity contribution is 0.461. The average Bonchev–Trinajstić information content (AvgIpc) is 2.86. The van der Waals surface area contributed by atoms with E-state index in [4.69, 9.17) is 4.98 Å². The number of aromatic nitrogens is 3. The smallest absolute Gasteiger partial charge is 0.225 e. The number of anilines is 1. The number of nitrogens with one attached hydrogen (secondary N) is 1. The van der Waals surface area contributed by atoms with Crippen molar-refractivity contribution in [3.05, 3.63) is 35.8 Å². The second kappa shape index (κ2) is 7.64. The molecule has 0 unspecified atom stereocenters. The Kier molecular flexibility index (Phi) is 6.01. The molecule has 2 bridgehead atoms. The van der Waals surface area contributed by atoms with Gasteiger partial charge in [0.15, 0.2) is 0 Å². The minimum atomic E-state index is 0. The van der Waals surface area contributed by atoms with Crippen molar-refractivity contribution in [2.24, 2.45) is 0 Å². The molecule has 1 N–H and O–H groups in total. The quantitative estimate of drug-likeness (QED) is 0.883. The highest BCUT2D eigenvalue weighted by Gasteiger charge is 2.33. The predicted octanol–water partition coefficient (Wildman–Crippen LogP) is 2.94. The minimum Gasteiger partial charge on any atom is -0.338 e. The van der Waals surface area contributed by atoms with Gasteiger partial charge in [-0.3, -0.25) is 4.98 Å². The van der Waals surface area contributed by atoms with Crippen LogP contribution in [0.2, 0.25) is 0 Å². The molecule has 24 heavy (non-hydrogen) atoms. The highest BCUT2D eigenvalue weighted by molar-refractivity contribution is 5.85. The highest BCUT2D eigenvalue weighted by Crippen LogP contribution is 2.25. The maximum absolute atomic E-state index is 4.80. The Morgan fingerprint density at radius 3 is 2.38 bits per heavy atom. The molecule has 0 radical (unpaired) electrons. The fourth-order valence-electron chi connectivity index (χ4n) is 3.57. The van der Waals surface area contributed by atoms with Crippen molar-refractivity contribution >= 4 is 30.8 Å². The zero-order valence-corrected chi connectivity index (χ0v) is 15.5. The molecule has 2 saturated heterocycles. The number of nitrogens with zero attached hydrogens (tertiary/aromatic N) is 4. The van der Waals surface area contributed by atoms with E-state index in [1.54, 1.807) is 0 Å². The summed E-state index contributed by atoms with van der Waals surface area (Å²) in [6.07, 6.45) is 4.39. The van der Waals surface area contributed by atoms with Crippen LogP contribution < -0.4 is 10.2 Å². The van der Waals surface area contributed by atoms with E-state index in [1.807, 2.05) is 32.2 Å². The van der Waals surface area contributed by atoms with E-state index >= 15 is 0 Å². The molecule has 5 nitrogen and oxygen atoms in total. The van der Waals surface area contributed by atoms with Crippen LogP contribution in [0.1, 0.15) is 24.2 Å². The topological polar surface area (TPSA) is 53.9 Å². The van der Waals surface area contributed by atoms with Gasteiger partial charge in [-0.05, 0) is 44.9 Å². The number of fused-ring (bicyclic) bond motifs is 2. The maximum Gasteiger partial charge on any atom is 0.225 e. The van der Waals surface area contributed by atoms with E-state index < -0.39 is 0 Å². The van der Waals surface area contributed by atoms with Gasteiger partial charge in [0.05, 0.1) is 5.69 Å². The lowest BCUT2D eigenvalue weighted by Gasteiger charge is -2.32. The van der Waals surface area contributed by atoms with Gasteiger partial charge in [-0.25, -0.2) is 9.97 Å². The van der Waals surface area contributed by atoms with Crippen LogP contribution in [-0.2, 0) is 0 Å². The number of hydrogen-bond donors (Lipinski definition) is 1. The van der Waals surface area contributed by atoms with Crippen LogP contribution in [-0.4, -0.2) is 40.1 Å². The second-order valence-electron chi connectivity index (χ2n) is 6.37. The van der Waals surface area contributed by atoms with E-state index in [9.17, 15) is 0 Å². The van der Waals surface area contributed by atoms with Crippen LogP contribution in [0.15, 0.2) is 24.4 Å².